The molecule has 0 saturated carbocycles. The maximum Gasteiger partial charge on any atom is 0.303 e. The van der Waals surface area contributed by atoms with Gasteiger partial charge in [-0.1, -0.05) is 82.8 Å². The van der Waals surface area contributed by atoms with E-state index >= 15 is 0 Å². The predicted octanol–water partition coefficient (Wildman–Crippen LogP) is 6.64. The van der Waals surface area contributed by atoms with E-state index in [1.807, 2.05) is 0 Å². The number of hydrogen-bond acceptors (Lipinski definition) is 2. The number of carboxylic acid groups (broad SMARTS) is 1. The van der Waals surface area contributed by atoms with Crippen molar-refractivity contribution >= 4 is 5.97 Å². The highest BCUT2D eigenvalue weighted by atomic mass is 16.4. The summed E-state index contributed by atoms with van der Waals surface area (Å²) in [6.07, 6.45) is 25.9. The van der Waals surface area contributed by atoms with Crippen LogP contribution in [0.2, 0.25) is 0 Å². The first kappa shape index (κ1) is 24.2. The molecule has 0 aliphatic heterocycles. The third-order valence-corrected chi connectivity index (χ3v) is 4.71. The summed E-state index contributed by atoms with van der Waals surface area (Å²) in [6.45, 7) is 0.348. The number of aliphatic carboxylic acids is 1. The molecule has 3 nitrogen and oxygen atoms in total. The Hall–Kier alpha value is -0.830. The lowest BCUT2D eigenvalue weighted by atomic mass is 10.1. The van der Waals surface area contributed by atoms with Crippen molar-refractivity contribution < 1.29 is 15.0 Å². The van der Waals surface area contributed by atoms with E-state index in [4.69, 9.17) is 10.2 Å². The lowest BCUT2D eigenvalue weighted by Crippen LogP contribution is -1.93. The first-order valence-corrected chi connectivity index (χ1v) is 10.7. The average molecular weight is 355 g/mol. The average Bonchev–Trinajstić information content (AvgIpc) is 2.60. The molecule has 0 fully saturated rings. The Morgan fingerprint density at radius 2 is 0.920 bits per heavy atom. The van der Waals surface area contributed by atoms with Crippen LogP contribution in [-0.4, -0.2) is 22.8 Å². The Kier molecular flexibility index (Phi) is 20.5. The van der Waals surface area contributed by atoms with E-state index in [1.165, 1.54) is 89.9 Å². The number of aliphatic hydroxyl groups excluding tert-OH is 1. The Labute approximate surface area is 155 Å². The number of carbonyl (C=O) groups is 1. The maximum atomic E-state index is 10.4. The first-order chi connectivity index (χ1) is 12.3. The molecule has 0 saturated heterocycles. The molecular formula is C22H42O3. The molecule has 0 atom stereocenters. The number of allylic oxidation sites excluding steroid dienone is 2. The number of unbranched alkanes of at least 4 members (excludes halogenated alkanes) is 15. The van der Waals surface area contributed by atoms with Crippen molar-refractivity contribution in [2.45, 2.75) is 116 Å². The minimum absolute atomic E-state index is 0.329. The van der Waals surface area contributed by atoms with Gasteiger partial charge >= 0.3 is 5.97 Å². The number of carboxylic acids is 1. The summed E-state index contributed by atoms with van der Waals surface area (Å²) in [7, 11) is 0. The van der Waals surface area contributed by atoms with Gasteiger partial charge in [-0.2, -0.15) is 0 Å². The molecule has 0 aromatic carbocycles. The first-order valence-electron chi connectivity index (χ1n) is 10.7. The summed E-state index contributed by atoms with van der Waals surface area (Å²) in [5, 5.41) is 17.3. The molecule has 148 valence electrons. The van der Waals surface area contributed by atoms with E-state index in [-0.39, 0.29) is 0 Å². The molecule has 0 aromatic heterocycles. The zero-order chi connectivity index (χ0) is 18.4. The minimum atomic E-state index is -0.666. The summed E-state index contributed by atoms with van der Waals surface area (Å²) in [5.41, 5.74) is 0. The monoisotopic (exact) mass is 354 g/mol. The van der Waals surface area contributed by atoms with Crippen molar-refractivity contribution in [3.63, 3.8) is 0 Å². The van der Waals surface area contributed by atoms with Gasteiger partial charge in [0.05, 0.1) is 0 Å². The van der Waals surface area contributed by atoms with E-state index in [1.54, 1.807) is 0 Å². The standard InChI is InChI=1S/C22H42O3/c23-21-19-17-15-13-11-9-7-5-3-1-2-4-6-8-10-12-14-16-18-20-22(24)25/h1-2,23H,3-21H2,(H,24,25). The van der Waals surface area contributed by atoms with Gasteiger partial charge in [-0.3, -0.25) is 4.79 Å². The summed E-state index contributed by atoms with van der Waals surface area (Å²) in [6, 6.07) is 0. The van der Waals surface area contributed by atoms with Crippen molar-refractivity contribution in [2.24, 2.45) is 0 Å². The number of aliphatic hydroxyl groups is 1. The lowest BCUT2D eigenvalue weighted by Gasteiger charge is -2.01. The SMILES string of the molecule is O=C(O)CCCCCCCCCC=CCCCCCCCCCCO. The molecule has 0 aromatic rings. The molecule has 0 aliphatic rings. The van der Waals surface area contributed by atoms with Crippen molar-refractivity contribution in [1.82, 2.24) is 0 Å². The molecule has 0 aliphatic carbocycles. The van der Waals surface area contributed by atoms with Gasteiger partial charge in [0.25, 0.3) is 0 Å². The maximum absolute atomic E-state index is 10.4. The molecule has 0 rings (SSSR count). The van der Waals surface area contributed by atoms with Gasteiger partial charge in [-0.15, -0.1) is 0 Å². The van der Waals surface area contributed by atoms with Crippen LogP contribution in [0.25, 0.3) is 0 Å². The van der Waals surface area contributed by atoms with E-state index in [9.17, 15) is 4.79 Å². The third-order valence-electron chi connectivity index (χ3n) is 4.71. The summed E-state index contributed by atoms with van der Waals surface area (Å²) >= 11 is 0. The van der Waals surface area contributed by atoms with Crippen LogP contribution in [0, 0.1) is 0 Å². The van der Waals surface area contributed by atoms with E-state index in [0.717, 1.165) is 19.3 Å². The fraction of sp³-hybridized carbons (Fsp3) is 0.864. The van der Waals surface area contributed by atoms with E-state index in [2.05, 4.69) is 12.2 Å². The smallest absolute Gasteiger partial charge is 0.303 e. The summed E-state index contributed by atoms with van der Waals surface area (Å²) in [5.74, 6) is -0.666. The quantitative estimate of drug-likeness (QED) is 0.190. The molecule has 0 bridgehead atoms. The molecule has 3 heteroatoms. The highest BCUT2D eigenvalue weighted by Gasteiger charge is 1.96. The molecule has 25 heavy (non-hydrogen) atoms. The van der Waals surface area contributed by atoms with Crippen molar-refractivity contribution in [3.05, 3.63) is 12.2 Å². The van der Waals surface area contributed by atoms with E-state index < -0.39 is 5.97 Å². The van der Waals surface area contributed by atoms with Crippen LogP contribution in [0.4, 0.5) is 0 Å². The van der Waals surface area contributed by atoms with Crippen molar-refractivity contribution in [1.29, 1.82) is 0 Å². The third kappa shape index (κ3) is 23.2. The van der Waals surface area contributed by atoms with Gasteiger partial charge in [0.15, 0.2) is 0 Å². The van der Waals surface area contributed by atoms with Gasteiger partial charge in [0, 0.05) is 13.0 Å². The van der Waals surface area contributed by atoms with Crippen LogP contribution in [0.5, 0.6) is 0 Å². The van der Waals surface area contributed by atoms with E-state index in [0.29, 0.717) is 13.0 Å². The highest BCUT2D eigenvalue weighted by Crippen LogP contribution is 2.11. The Bertz CT molecular complexity index is 300. The zero-order valence-electron chi connectivity index (χ0n) is 16.4. The second-order valence-electron chi connectivity index (χ2n) is 7.22. The molecule has 0 amide bonds. The van der Waals surface area contributed by atoms with Crippen LogP contribution in [0.1, 0.15) is 116 Å². The molecule has 2 N–H and O–H groups in total. The van der Waals surface area contributed by atoms with Crippen LogP contribution >= 0.6 is 0 Å². The Morgan fingerprint density at radius 3 is 1.32 bits per heavy atom. The molecule has 0 unspecified atom stereocenters. The molecule has 0 radical (unpaired) electrons. The van der Waals surface area contributed by atoms with Crippen LogP contribution in [0.15, 0.2) is 12.2 Å². The Morgan fingerprint density at radius 1 is 0.560 bits per heavy atom. The molecule has 0 spiro atoms. The number of hydrogen-bond donors (Lipinski definition) is 2. The molecule has 0 heterocycles. The van der Waals surface area contributed by atoms with Gasteiger partial charge in [0.1, 0.15) is 0 Å². The van der Waals surface area contributed by atoms with Crippen molar-refractivity contribution in [2.75, 3.05) is 6.61 Å². The minimum Gasteiger partial charge on any atom is -0.481 e. The fourth-order valence-electron chi connectivity index (χ4n) is 3.09. The summed E-state index contributed by atoms with van der Waals surface area (Å²) in [4.78, 5) is 10.4. The second kappa shape index (κ2) is 21.2. The lowest BCUT2D eigenvalue weighted by molar-refractivity contribution is -0.137. The summed E-state index contributed by atoms with van der Waals surface area (Å²) < 4.78 is 0. The second-order valence-corrected chi connectivity index (χ2v) is 7.22. The largest absolute Gasteiger partial charge is 0.481 e. The predicted molar refractivity (Wildman–Crippen MR) is 107 cm³/mol. The zero-order valence-corrected chi connectivity index (χ0v) is 16.4. The van der Waals surface area contributed by atoms with Gasteiger partial charge < -0.3 is 10.2 Å². The topological polar surface area (TPSA) is 57.5 Å². The molecular weight excluding hydrogens is 312 g/mol. The fourth-order valence-corrected chi connectivity index (χ4v) is 3.09. The Balaban J connectivity index is 3.07. The number of rotatable bonds is 20. The van der Waals surface area contributed by atoms with Gasteiger partial charge in [-0.05, 0) is 38.5 Å². The van der Waals surface area contributed by atoms with Gasteiger partial charge in [0.2, 0.25) is 0 Å². The normalized spacial score (nSPS) is 11.4. The van der Waals surface area contributed by atoms with Crippen molar-refractivity contribution in [3.8, 4) is 0 Å². The van der Waals surface area contributed by atoms with Crippen LogP contribution in [-0.2, 0) is 4.79 Å². The van der Waals surface area contributed by atoms with Gasteiger partial charge in [-0.25, -0.2) is 0 Å². The van der Waals surface area contributed by atoms with Crippen LogP contribution < -0.4 is 0 Å². The highest BCUT2D eigenvalue weighted by molar-refractivity contribution is 5.66. The van der Waals surface area contributed by atoms with Crippen LogP contribution in [0.3, 0.4) is 0 Å².